The molecule has 0 fully saturated rings. The molecule has 0 atom stereocenters. The van der Waals surface area contributed by atoms with Gasteiger partial charge in [0.1, 0.15) is 4.60 Å². The van der Waals surface area contributed by atoms with Gasteiger partial charge in [0.2, 0.25) is 0 Å². The van der Waals surface area contributed by atoms with E-state index in [2.05, 4.69) is 36.8 Å². The highest BCUT2D eigenvalue weighted by Gasteiger charge is 2.35. The quantitative estimate of drug-likeness (QED) is 0.419. The van der Waals surface area contributed by atoms with Crippen LogP contribution in [0, 0.1) is 0 Å². The molecule has 1 nitrogen and oxygen atoms in total. The van der Waals surface area contributed by atoms with Crippen molar-refractivity contribution in [2.45, 2.75) is 17.9 Å². The van der Waals surface area contributed by atoms with Gasteiger partial charge in [-0.25, -0.2) is 13.8 Å². The zero-order valence-corrected chi connectivity index (χ0v) is 10.6. The van der Waals surface area contributed by atoms with Gasteiger partial charge in [0.05, 0.1) is 16.8 Å². The molecule has 0 spiro atoms. The molecule has 0 aliphatic heterocycles. The van der Waals surface area contributed by atoms with E-state index in [0.717, 1.165) is 0 Å². The van der Waals surface area contributed by atoms with Crippen LogP contribution < -0.4 is 0 Å². The van der Waals surface area contributed by atoms with Gasteiger partial charge in [-0.2, -0.15) is 13.2 Å². The summed E-state index contributed by atoms with van der Waals surface area (Å²) >= 11 is 5.54. The van der Waals surface area contributed by atoms with Crippen LogP contribution in [0.5, 0.6) is 0 Å². The summed E-state index contributed by atoms with van der Waals surface area (Å²) in [4.78, 5) is 3.45. The van der Waals surface area contributed by atoms with E-state index in [-0.39, 0.29) is 15.6 Å². The Bertz CT molecular complexity index is 391. The van der Waals surface area contributed by atoms with Gasteiger partial charge >= 0.3 is 6.18 Å². The zero-order chi connectivity index (χ0) is 12.5. The fraction of sp³-hybridized carbons (Fsp3) is 0.375. The molecule has 0 saturated carbocycles. The van der Waals surface area contributed by atoms with Gasteiger partial charge in [-0.3, -0.25) is 0 Å². The summed E-state index contributed by atoms with van der Waals surface area (Å²) in [5.41, 5.74) is -2.25. The fourth-order valence-corrected chi connectivity index (χ4v) is 1.97. The topological polar surface area (TPSA) is 12.9 Å². The summed E-state index contributed by atoms with van der Waals surface area (Å²) in [7, 11) is 0. The van der Waals surface area contributed by atoms with Crippen LogP contribution in [-0.2, 0) is 11.5 Å². The van der Waals surface area contributed by atoms with E-state index in [4.69, 9.17) is 0 Å². The average molecular weight is 369 g/mol. The van der Waals surface area contributed by atoms with Crippen molar-refractivity contribution >= 4 is 31.9 Å². The highest BCUT2D eigenvalue weighted by atomic mass is 79.9. The van der Waals surface area contributed by atoms with Gasteiger partial charge < -0.3 is 0 Å². The number of hydrogen-bond acceptors (Lipinski definition) is 1. The first kappa shape index (κ1) is 13.8. The van der Waals surface area contributed by atoms with Crippen LogP contribution in [-0.4, -0.2) is 4.98 Å². The Morgan fingerprint density at radius 2 is 1.88 bits per heavy atom. The molecular weight excluding hydrogens is 365 g/mol. The predicted octanol–water partition coefficient (Wildman–Crippen LogP) is 4.70. The van der Waals surface area contributed by atoms with E-state index in [9.17, 15) is 22.0 Å². The average Bonchev–Trinajstić information content (AvgIpc) is 2.14. The van der Waals surface area contributed by atoms with E-state index in [0.29, 0.717) is 6.07 Å². The Labute approximate surface area is 104 Å². The van der Waals surface area contributed by atoms with Gasteiger partial charge in [0.25, 0.3) is 6.43 Å². The SMILES string of the molecule is FC(F)c1cc(C(F)(F)F)c(CBr)nc1Br. The monoisotopic (exact) mass is 367 g/mol. The Kier molecular flexibility index (Phi) is 4.28. The summed E-state index contributed by atoms with van der Waals surface area (Å²) in [6.07, 6.45) is -7.70. The molecule has 1 aromatic heterocycles. The Morgan fingerprint density at radius 1 is 1.31 bits per heavy atom. The van der Waals surface area contributed by atoms with Crippen LogP contribution in [0.4, 0.5) is 22.0 Å². The minimum atomic E-state index is -4.69. The molecule has 0 unspecified atom stereocenters. The number of halogens is 7. The molecule has 90 valence electrons. The van der Waals surface area contributed by atoms with Gasteiger partial charge in [0.15, 0.2) is 0 Å². The van der Waals surface area contributed by atoms with Crippen molar-refractivity contribution in [1.82, 2.24) is 4.98 Å². The number of hydrogen-bond donors (Lipinski definition) is 0. The molecule has 1 rings (SSSR count). The minimum Gasteiger partial charge on any atom is -0.244 e. The standard InChI is InChI=1S/C8H4Br2F5N/c9-2-5-4(8(13,14)15)1-3(7(11)12)6(10)16-5/h1,7H,2H2. The molecule has 0 bridgehead atoms. The lowest BCUT2D eigenvalue weighted by atomic mass is 10.1. The van der Waals surface area contributed by atoms with Crippen LogP contribution in [0.1, 0.15) is 23.2 Å². The lowest BCUT2D eigenvalue weighted by molar-refractivity contribution is -0.138. The van der Waals surface area contributed by atoms with Crippen molar-refractivity contribution in [2.24, 2.45) is 0 Å². The molecule has 1 aromatic rings. The van der Waals surface area contributed by atoms with Crippen molar-refractivity contribution in [3.05, 3.63) is 27.5 Å². The second-order valence-electron chi connectivity index (χ2n) is 2.79. The predicted molar refractivity (Wildman–Crippen MR) is 54.5 cm³/mol. The molecular formula is C8H4Br2F5N. The molecule has 0 amide bonds. The third-order valence-corrected chi connectivity index (χ3v) is 2.92. The number of rotatable bonds is 2. The maximum absolute atomic E-state index is 12.5. The van der Waals surface area contributed by atoms with Crippen molar-refractivity contribution in [2.75, 3.05) is 0 Å². The van der Waals surface area contributed by atoms with E-state index in [1.807, 2.05) is 0 Å². The first-order valence-electron chi connectivity index (χ1n) is 3.88. The van der Waals surface area contributed by atoms with Gasteiger partial charge in [0, 0.05) is 5.33 Å². The lowest BCUT2D eigenvalue weighted by Gasteiger charge is -2.13. The molecule has 16 heavy (non-hydrogen) atoms. The van der Waals surface area contributed by atoms with E-state index >= 15 is 0 Å². The van der Waals surface area contributed by atoms with Gasteiger partial charge in [-0.05, 0) is 22.0 Å². The second-order valence-corrected chi connectivity index (χ2v) is 4.11. The number of pyridine rings is 1. The molecule has 0 aliphatic carbocycles. The molecule has 0 aliphatic rings. The highest BCUT2D eigenvalue weighted by Crippen LogP contribution is 2.36. The number of nitrogens with zero attached hydrogens (tertiary/aromatic N) is 1. The van der Waals surface area contributed by atoms with Crippen LogP contribution >= 0.6 is 31.9 Å². The maximum atomic E-state index is 12.5. The molecule has 0 saturated heterocycles. The normalized spacial score (nSPS) is 12.2. The largest absolute Gasteiger partial charge is 0.418 e. The highest BCUT2D eigenvalue weighted by molar-refractivity contribution is 9.10. The van der Waals surface area contributed by atoms with Crippen molar-refractivity contribution < 1.29 is 22.0 Å². The van der Waals surface area contributed by atoms with Crippen LogP contribution in [0.15, 0.2) is 10.7 Å². The smallest absolute Gasteiger partial charge is 0.244 e. The second kappa shape index (κ2) is 4.95. The fourth-order valence-electron chi connectivity index (χ4n) is 1.04. The Hall–Kier alpha value is -0.240. The Morgan fingerprint density at radius 3 is 2.25 bits per heavy atom. The summed E-state index contributed by atoms with van der Waals surface area (Å²) in [6.45, 7) is 0. The summed E-state index contributed by atoms with van der Waals surface area (Å²) in [5.74, 6) is 0. The molecule has 1 heterocycles. The zero-order valence-electron chi connectivity index (χ0n) is 7.45. The summed E-state index contributed by atoms with van der Waals surface area (Å²) in [5, 5.41) is -0.163. The van der Waals surface area contributed by atoms with Crippen molar-refractivity contribution in [3.8, 4) is 0 Å². The maximum Gasteiger partial charge on any atom is 0.418 e. The first-order valence-corrected chi connectivity index (χ1v) is 5.79. The third kappa shape index (κ3) is 2.91. The van der Waals surface area contributed by atoms with Gasteiger partial charge in [-0.15, -0.1) is 0 Å². The first-order chi connectivity index (χ1) is 7.27. The van der Waals surface area contributed by atoms with E-state index in [1.54, 1.807) is 0 Å². The molecule has 0 N–H and O–H groups in total. The summed E-state index contributed by atoms with van der Waals surface area (Å²) in [6, 6.07) is 0.415. The summed E-state index contributed by atoms with van der Waals surface area (Å²) < 4.78 is 62.0. The van der Waals surface area contributed by atoms with E-state index in [1.165, 1.54) is 0 Å². The van der Waals surface area contributed by atoms with E-state index < -0.39 is 23.7 Å². The molecule has 0 aromatic carbocycles. The third-order valence-electron chi connectivity index (χ3n) is 1.75. The van der Waals surface area contributed by atoms with Crippen LogP contribution in [0.25, 0.3) is 0 Å². The molecule has 8 heteroatoms. The molecule has 0 radical (unpaired) electrons. The Balaban J connectivity index is 3.41. The van der Waals surface area contributed by atoms with Crippen molar-refractivity contribution in [1.29, 1.82) is 0 Å². The number of alkyl halides is 6. The lowest BCUT2D eigenvalue weighted by Crippen LogP contribution is -2.11. The van der Waals surface area contributed by atoms with Crippen LogP contribution in [0.3, 0.4) is 0 Å². The number of aromatic nitrogens is 1. The van der Waals surface area contributed by atoms with Crippen molar-refractivity contribution in [3.63, 3.8) is 0 Å². The minimum absolute atomic E-state index is 0.163. The van der Waals surface area contributed by atoms with Gasteiger partial charge in [-0.1, -0.05) is 15.9 Å². The van der Waals surface area contributed by atoms with Crippen LogP contribution in [0.2, 0.25) is 0 Å².